The van der Waals surface area contributed by atoms with E-state index in [1.807, 2.05) is 36.4 Å². The van der Waals surface area contributed by atoms with E-state index in [0.717, 1.165) is 17.1 Å². The molecule has 0 saturated heterocycles. The Bertz CT molecular complexity index is 1120. The molecule has 0 aliphatic heterocycles. The Kier molecular flexibility index (Phi) is 3.83. The highest BCUT2D eigenvalue weighted by atomic mass is 32.1. The van der Waals surface area contributed by atoms with Gasteiger partial charge in [-0.3, -0.25) is 14.9 Å². The minimum atomic E-state index is -0.391. The first-order chi connectivity index (χ1) is 12.2. The fraction of sp³-hybridized carbons (Fsp3) is 0. The molecule has 2 heterocycles. The number of anilines is 1. The number of benzene rings is 2. The van der Waals surface area contributed by atoms with E-state index in [4.69, 9.17) is 0 Å². The highest BCUT2D eigenvalue weighted by molar-refractivity contribution is 7.10. The van der Waals surface area contributed by atoms with Gasteiger partial charge in [0.25, 0.3) is 5.91 Å². The molecule has 0 spiro atoms. The van der Waals surface area contributed by atoms with Crippen LogP contribution in [0, 0.1) is 0 Å². The van der Waals surface area contributed by atoms with Gasteiger partial charge < -0.3 is 4.98 Å². The number of H-pyrrole nitrogens is 1. The Hall–Kier alpha value is -3.32. The Morgan fingerprint density at radius 3 is 2.64 bits per heavy atom. The Morgan fingerprint density at radius 2 is 1.80 bits per heavy atom. The van der Waals surface area contributed by atoms with E-state index in [9.17, 15) is 9.59 Å². The second-order valence-corrected chi connectivity index (χ2v) is 6.09. The third kappa shape index (κ3) is 3.05. The summed E-state index contributed by atoms with van der Waals surface area (Å²) in [5.74, 6) is 0.162. The number of pyridine rings is 1. The van der Waals surface area contributed by atoms with Gasteiger partial charge >= 0.3 is 0 Å². The van der Waals surface area contributed by atoms with Crippen LogP contribution in [0.1, 0.15) is 10.4 Å². The van der Waals surface area contributed by atoms with Crippen LogP contribution in [0.5, 0.6) is 0 Å². The summed E-state index contributed by atoms with van der Waals surface area (Å²) in [5.41, 5.74) is 1.46. The molecule has 2 aromatic heterocycles. The van der Waals surface area contributed by atoms with Gasteiger partial charge in [0.15, 0.2) is 5.82 Å². The fourth-order valence-corrected chi connectivity index (χ4v) is 3.12. The van der Waals surface area contributed by atoms with Crippen LogP contribution in [0.25, 0.3) is 22.3 Å². The van der Waals surface area contributed by atoms with E-state index < -0.39 is 5.91 Å². The number of carbonyl (C=O) groups excluding carboxylic acids is 1. The SMILES string of the molecule is O=C(Nc1nc(-c2ccccc2)ns1)c1cc(=O)[nH]c2ccccc12. The molecule has 4 aromatic rings. The van der Waals surface area contributed by atoms with Gasteiger partial charge in [0.05, 0.1) is 5.56 Å². The quantitative estimate of drug-likeness (QED) is 0.595. The minimum Gasteiger partial charge on any atom is -0.322 e. The van der Waals surface area contributed by atoms with Crippen molar-refractivity contribution in [3.63, 3.8) is 0 Å². The standard InChI is InChI=1S/C18H12N4O2S/c23-15-10-13(12-8-4-5-9-14(12)19-15)17(24)21-18-20-16(22-25-18)11-6-2-1-3-7-11/h1-10H,(H,19,23)(H,20,21,22,24). The topological polar surface area (TPSA) is 87.7 Å². The second kappa shape index (κ2) is 6.29. The molecular weight excluding hydrogens is 336 g/mol. The van der Waals surface area contributed by atoms with Gasteiger partial charge in [0.1, 0.15) is 0 Å². The maximum Gasteiger partial charge on any atom is 0.258 e. The van der Waals surface area contributed by atoms with Crippen molar-refractivity contribution in [3.8, 4) is 11.4 Å². The molecule has 2 aromatic carbocycles. The molecule has 122 valence electrons. The lowest BCUT2D eigenvalue weighted by Crippen LogP contribution is -2.16. The number of hydrogen-bond acceptors (Lipinski definition) is 5. The van der Waals surface area contributed by atoms with Crippen molar-refractivity contribution in [2.24, 2.45) is 0 Å². The molecule has 0 saturated carbocycles. The number of amides is 1. The van der Waals surface area contributed by atoms with Crippen molar-refractivity contribution in [2.75, 3.05) is 5.32 Å². The molecule has 2 N–H and O–H groups in total. The third-order valence-corrected chi connectivity index (χ3v) is 4.30. The van der Waals surface area contributed by atoms with Gasteiger partial charge in [-0.25, -0.2) is 0 Å². The number of carbonyl (C=O) groups is 1. The van der Waals surface area contributed by atoms with Gasteiger partial charge in [-0.15, -0.1) is 0 Å². The predicted octanol–water partition coefficient (Wildman–Crippen LogP) is 3.30. The van der Waals surface area contributed by atoms with Crippen LogP contribution in [0.15, 0.2) is 65.5 Å². The van der Waals surface area contributed by atoms with Crippen LogP contribution in [0.4, 0.5) is 5.13 Å². The Morgan fingerprint density at radius 1 is 1.04 bits per heavy atom. The van der Waals surface area contributed by atoms with E-state index in [0.29, 0.717) is 27.4 Å². The molecule has 0 aliphatic rings. The monoisotopic (exact) mass is 348 g/mol. The largest absolute Gasteiger partial charge is 0.322 e. The molecule has 0 radical (unpaired) electrons. The smallest absolute Gasteiger partial charge is 0.258 e. The molecule has 4 rings (SSSR count). The van der Waals surface area contributed by atoms with Crippen LogP contribution in [-0.2, 0) is 0 Å². The average molecular weight is 348 g/mol. The first-order valence-corrected chi connectivity index (χ1v) is 8.30. The van der Waals surface area contributed by atoms with E-state index in [-0.39, 0.29) is 5.56 Å². The molecule has 6 nitrogen and oxygen atoms in total. The van der Waals surface area contributed by atoms with E-state index in [1.54, 1.807) is 18.2 Å². The lowest BCUT2D eigenvalue weighted by Gasteiger charge is -2.05. The molecule has 1 amide bonds. The predicted molar refractivity (Wildman–Crippen MR) is 97.9 cm³/mol. The lowest BCUT2D eigenvalue weighted by atomic mass is 10.1. The van der Waals surface area contributed by atoms with E-state index in [2.05, 4.69) is 19.7 Å². The molecule has 0 unspecified atom stereocenters. The summed E-state index contributed by atoms with van der Waals surface area (Å²) in [5, 5.41) is 3.78. The summed E-state index contributed by atoms with van der Waals surface area (Å²) in [7, 11) is 0. The Labute approximate surface area is 146 Å². The number of nitrogens with one attached hydrogen (secondary N) is 2. The van der Waals surface area contributed by atoms with Gasteiger partial charge in [0, 0.05) is 34.1 Å². The zero-order valence-corrected chi connectivity index (χ0v) is 13.7. The third-order valence-electron chi connectivity index (χ3n) is 3.67. The second-order valence-electron chi connectivity index (χ2n) is 5.34. The zero-order valence-electron chi connectivity index (χ0n) is 12.9. The van der Waals surface area contributed by atoms with Gasteiger partial charge in [-0.05, 0) is 6.07 Å². The number of fused-ring (bicyclic) bond motifs is 1. The number of rotatable bonds is 3. The molecular formula is C18H12N4O2S. The minimum absolute atomic E-state index is 0.302. The lowest BCUT2D eigenvalue weighted by molar-refractivity contribution is 0.102. The van der Waals surface area contributed by atoms with Crippen LogP contribution >= 0.6 is 11.5 Å². The number of hydrogen-bond donors (Lipinski definition) is 2. The maximum absolute atomic E-state index is 12.6. The van der Waals surface area contributed by atoms with Crippen molar-refractivity contribution in [1.82, 2.24) is 14.3 Å². The van der Waals surface area contributed by atoms with Crippen LogP contribution in [0.2, 0.25) is 0 Å². The van der Waals surface area contributed by atoms with E-state index in [1.165, 1.54) is 6.07 Å². The molecule has 7 heteroatoms. The van der Waals surface area contributed by atoms with Gasteiger partial charge in [-0.1, -0.05) is 48.5 Å². The summed E-state index contributed by atoms with van der Waals surface area (Å²) in [6.45, 7) is 0. The summed E-state index contributed by atoms with van der Waals surface area (Å²) < 4.78 is 4.26. The normalized spacial score (nSPS) is 10.7. The highest BCUT2D eigenvalue weighted by Crippen LogP contribution is 2.22. The van der Waals surface area contributed by atoms with Crippen molar-refractivity contribution in [3.05, 3.63) is 76.6 Å². The van der Waals surface area contributed by atoms with Crippen LogP contribution in [-0.4, -0.2) is 20.2 Å². The first-order valence-electron chi connectivity index (χ1n) is 7.53. The van der Waals surface area contributed by atoms with Crippen LogP contribution < -0.4 is 10.9 Å². The first kappa shape index (κ1) is 15.2. The summed E-state index contributed by atoms with van der Waals surface area (Å²) in [4.78, 5) is 31.4. The van der Waals surface area contributed by atoms with Gasteiger partial charge in [0.2, 0.25) is 10.7 Å². The average Bonchev–Trinajstić information content (AvgIpc) is 3.10. The van der Waals surface area contributed by atoms with E-state index >= 15 is 0 Å². The molecule has 0 atom stereocenters. The highest BCUT2D eigenvalue weighted by Gasteiger charge is 2.14. The molecule has 0 aliphatic carbocycles. The van der Waals surface area contributed by atoms with Crippen LogP contribution in [0.3, 0.4) is 0 Å². The van der Waals surface area contributed by atoms with Gasteiger partial charge in [-0.2, -0.15) is 9.36 Å². The number of nitrogens with zero attached hydrogens (tertiary/aromatic N) is 2. The molecule has 0 bridgehead atoms. The fourth-order valence-electron chi connectivity index (χ4n) is 2.54. The zero-order chi connectivity index (χ0) is 17.2. The van der Waals surface area contributed by atoms with Crippen molar-refractivity contribution in [1.29, 1.82) is 0 Å². The number of aromatic amines is 1. The maximum atomic E-state index is 12.6. The van der Waals surface area contributed by atoms with Crippen molar-refractivity contribution in [2.45, 2.75) is 0 Å². The molecule has 25 heavy (non-hydrogen) atoms. The number of para-hydroxylation sites is 1. The Balaban J connectivity index is 1.65. The molecule has 0 fully saturated rings. The summed E-state index contributed by atoms with van der Waals surface area (Å²) in [6, 6.07) is 18.0. The summed E-state index contributed by atoms with van der Waals surface area (Å²) in [6.07, 6.45) is 0. The van der Waals surface area contributed by atoms with Crippen molar-refractivity contribution >= 4 is 33.5 Å². The van der Waals surface area contributed by atoms with Crippen molar-refractivity contribution < 1.29 is 4.79 Å². The summed E-state index contributed by atoms with van der Waals surface area (Å²) >= 11 is 1.10. The number of aromatic nitrogens is 3.